The van der Waals surface area contributed by atoms with Crippen LogP contribution < -0.4 is 10.6 Å². The highest BCUT2D eigenvalue weighted by Crippen LogP contribution is 2.44. The minimum absolute atomic E-state index is 0.102. The molecule has 1 heterocycles. The first-order valence-corrected chi connectivity index (χ1v) is 9.67. The van der Waals surface area contributed by atoms with Gasteiger partial charge in [0.1, 0.15) is 6.61 Å². The van der Waals surface area contributed by atoms with E-state index < -0.39 is 30.6 Å². The number of anilines is 1. The van der Waals surface area contributed by atoms with Gasteiger partial charge in [-0.3, -0.25) is 15.2 Å². The number of aliphatic hydroxyl groups excluding tert-OH is 1. The zero-order valence-corrected chi connectivity index (χ0v) is 16.6. The van der Waals surface area contributed by atoms with Crippen molar-refractivity contribution in [2.75, 3.05) is 18.5 Å². The van der Waals surface area contributed by atoms with E-state index in [-0.39, 0.29) is 24.3 Å². The molecule has 5 N–H and O–H groups in total. The van der Waals surface area contributed by atoms with Gasteiger partial charge in [-0.15, -0.1) is 5.10 Å². The lowest BCUT2D eigenvalue weighted by Crippen LogP contribution is -2.36. The number of nitrogens with zero attached hydrogens (tertiary/aromatic N) is 2. The zero-order valence-electron chi connectivity index (χ0n) is 16.6. The Morgan fingerprint density at radius 1 is 1.06 bits per heavy atom. The first-order chi connectivity index (χ1) is 15.4. The highest BCUT2D eigenvalue weighted by molar-refractivity contribution is 5.91. The highest BCUT2D eigenvalue weighted by atomic mass is 16.5. The molecule has 164 valence electrons. The second-order valence-electron chi connectivity index (χ2n) is 7.02. The van der Waals surface area contributed by atoms with Crippen LogP contribution in [0.4, 0.5) is 10.7 Å². The summed E-state index contributed by atoms with van der Waals surface area (Å²) in [7, 11) is 0. The van der Waals surface area contributed by atoms with Crippen molar-refractivity contribution in [3.63, 3.8) is 0 Å². The van der Waals surface area contributed by atoms with Crippen molar-refractivity contribution >= 4 is 23.9 Å². The Labute approximate surface area is 181 Å². The van der Waals surface area contributed by atoms with Gasteiger partial charge >= 0.3 is 12.1 Å². The van der Waals surface area contributed by atoms with Gasteiger partial charge in [0, 0.05) is 5.92 Å². The molecule has 0 saturated heterocycles. The van der Waals surface area contributed by atoms with Crippen LogP contribution in [0.2, 0.25) is 0 Å². The van der Waals surface area contributed by atoms with E-state index in [0.29, 0.717) is 0 Å². The van der Waals surface area contributed by atoms with Crippen molar-refractivity contribution in [3.05, 3.63) is 65.5 Å². The van der Waals surface area contributed by atoms with Crippen molar-refractivity contribution in [2.45, 2.75) is 12.0 Å². The van der Waals surface area contributed by atoms with Gasteiger partial charge in [0.05, 0.1) is 6.54 Å². The van der Waals surface area contributed by atoms with E-state index in [9.17, 15) is 19.5 Å². The Hall–Kier alpha value is -4.25. The molecule has 32 heavy (non-hydrogen) atoms. The van der Waals surface area contributed by atoms with Crippen LogP contribution in [0.25, 0.3) is 11.1 Å². The fourth-order valence-corrected chi connectivity index (χ4v) is 3.51. The number of nitrogens with one attached hydrogen (secondary N) is 3. The second kappa shape index (κ2) is 8.86. The molecule has 3 aromatic rings. The summed E-state index contributed by atoms with van der Waals surface area (Å²) in [5.41, 5.74) is 4.35. The van der Waals surface area contributed by atoms with Gasteiger partial charge in [-0.25, -0.2) is 9.59 Å². The predicted molar refractivity (Wildman–Crippen MR) is 111 cm³/mol. The molecule has 1 aromatic heterocycles. The molecule has 1 unspecified atom stereocenters. The summed E-state index contributed by atoms with van der Waals surface area (Å²) in [5.74, 6) is -2.83. The Morgan fingerprint density at radius 2 is 1.69 bits per heavy atom. The molecule has 1 aliphatic carbocycles. The number of aliphatic carboxylic acids is 1. The van der Waals surface area contributed by atoms with E-state index >= 15 is 0 Å². The molecule has 11 heteroatoms. The van der Waals surface area contributed by atoms with E-state index in [1.165, 1.54) is 0 Å². The predicted octanol–water partition coefficient (Wildman–Crippen LogP) is 1.34. The molecule has 0 saturated carbocycles. The smallest absolute Gasteiger partial charge is 0.414 e. The van der Waals surface area contributed by atoms with Crippen LogP contribution >= 0.6 is 0 Å². The normalized spacial score (nSPS) is 13.0. The quantitative estimate of drug-likeness (QED) is 0.369. The summed E-state index contributed by atoms with van der Waals surface area (Å²) in [5, 5.41) is 28.3. The zero-order chi connectivity index (χ0) is 22.7. The van der Waals surface area contributed by atoms with E-state index in [1.807, 2.05) is 48.5 Å². The molecular formula is C21H19N5O6. The van der Waals surface area contributed by atoms with E-state index in [4.69, 9.17) is 9.84 Å². The third kappa shape index (κ3) is 4.27. The van der Waals surface area contributed by atoms with E-state index in [1.54, 1.807) is 0 Å². The SMILES string of the molecule is O=C(Nc1n[nH]c(C(=O)NCC(O)C(=O)O)n1)OCC1c2ccccc2-c2ccccc21. The van der Waals surface area contributed by atoms with Crippen molar-refractivity contribution < 1.29 is 29.3 Å². The number of carboxylic acids is 1. The van der Waals surface area contributed by atoms with Crippen LogP contribution in [-0.4, -0.2) is 62.6 Å². The molecule has 0 spiro atoms. The fourth-order valence-electron chi connectivity index (χ4n) is 3.51. The van der Waals surface area contributed by atoms with Gasteiger partial charge in [-0.05, 0) is 22.3 Å². The van der Waals surface area contributed by atoms with Gasteiger partial charge in [0.15, 0.2) is 6.10 Å². The average Bonchev–Trinajstić information content (AvgIpc) is 3.38. The number of amides is 2. The monoisotopic (exact) mass is 437 g/mol. The fraction of sp³-hybridized carbons (Fsp3) is 0.190. The number of rotatable bonds is 7. The Bertz CT molecular complexity index is 1130. The standard InChI is InChI=1S/C21H19N5O6/c27-16(19(29)30)9-22-18(28)17-23-20(26-25-17)24-21(31)32-10-15-13-7-3-1-5-11(13)12-6-2-4-8-14(12)15/h1-8,15-16,27H,9-10H2,(H,22,28)(H,29,30)(H2,23,24,25,26,31). The van der Waals surface area contributed by atoms with Crippen molar-refractivity contribution in [1.29, 1.82) is 0 Å². The van der Waals surface area contributed by atoms with Gasteiger partial charge in [0.25, 0.3) is 11.9 Å². The number of hydrogen-bond donors (Lipinski definition) is 5. The van der Waals surface area contributed by atoms with Gasteiger partial charge in [0.2, 0.25) is 5.82 Å². The largest absolute Gasteiger partial charge is 0.479 e. The molecule has 0 bridgehead atoms. The Kier molecular flexibility index (Phi) is 5.81. The first-order valence-electron chi connectivity index (χ1n) is 9.67. The maximum Gasteiger partial charge on any atom is 0.414 e. The van der Waals surface area contributed by atoms with Crippen molar-refractivity contribution in [3.8, 4) is 11.1 Å². The summed E-state index contributed by atoms with van der Waals surface area (Å²) in [4.78, 5) is 38.5. The Balaban J connectivity index is 1.34. The molecule has 1 atom stereocenters. The molecule has 4 rings (SSSR count). The van der Waals surface area contributed by atoms with Gasteiger partial charge in [-0.2, -0.15) is 4.98 Å². The number of benzene rings is 2. The number of aromatic amines is 1. The number of aromatic nitrogens is 3. The summed E-state index contributed by atoms with van der Waals surface area (Å²) >= 11 is 0. The maximum absolute atomic E-state index is 12.2. The summed E-state index contributed by atoms with van der Waals surface area (Å²) in [6, 6.07) is 15.9. The number of H-pyrrole nitrogens is 1. The summed E-state index contributed by atoms with van der Waals surface area (Å²) in [6.45, 7) is -0.408. The molecule has 0 radical (unpaired) electrons. The van der Waals surface area contributed by atoms with Crippen molar-refractivity contribution in [1.82, 2.24) is 20.5 Å². The first kappa shape index (κ1) is 21.0. The highest BCUT2D eigenvalue weighted by Gasteiger charge is 2.29. The van der Waals surface area contributed by atoms with Crippen LogP contribution in [0, 0.1) is 0 Å². The van der Waals surface area contributed by atoms with Crippen LogP contribution in [-0.2, 0) is 9.53 Å². The maximum atomic E-state index is 12.2. The number of fused-ring (bicyclic) bond motifs is 3. The lowest BCUT2D eigenvalue weighted by atomic mass is 9.98. The second-order valence-corrected chi connectivity index (χ2v) is 7.02. The summed E-state index contributed by atoms with van der Waals surface area (Å²) < 4.78 is 5.38. The molecular weight excluding hydrogens is 418 g/mol. The van der Waals surface area contributed by atoms with Crippen LogP contribution in [0.1, 0.15) is 27.7 Å². The van der Waals surface area contributed by atoms with Gasteiger partial charge in [-0.1, -0.05) is 48.5 Å². The van der Waals surface area contributed by atoms with E-state index in [0.717, 1.165) is 22.3 Å². The molecule has 2 amide bonds. The molecule has 0 aliphatic heterocycles. The van der Waals surface area contributed by atoms with Crippen LogP contribution in [0.3, 0.4) is 0 Å². The summed E-state index contributed by atoms with van der Waals surface area (Å²) in [6.07, 6.45) is -2.54. The molecule has 11 nitrogen and oxygen atoms in total. The topological polar surface area (TPSA) is 167 Å². The van der Waals surface area contributed by atoms with Crippen molar-refractivity contribution in [2.24, 2.45) is 0 Å². The third-order valence-electron chi connectivity index (χ3n) is 5.00. The minimum atomic E-state index is -1.75. The number of carbonyl (C=O) groups is 3. The molecule has 0 fully saturated rings. The lowest BCUT2D eigenvalue weighted by molar-refractivity contribution is -0.146. The van der Waals surface area contributed by atoms with E-state index in [2.05, 4.69) is 25.8 Å². The molecule has 2 aromatic carbocycles. The Morgan fingerprint density at radius 3 is 2.31 bits per heavy atom. The molecule has 1 aliphatic rings. The number of carbonyl (C=O) groups excluding carboxylic acids is 2. The van der Waals surface area contributed by atoms with Gasteiger partial charge < -0.3 is 20.3 Å². The number of carboxylic acid groups (broad SMARTS) is 1. The number of hydrogen-bond acceptors (Lipinski definition) is 7. The van der Waals surface area contributed by atoms with Crippen LogP contribution in [0.5, 0.6) is 0 Å². The average molecular weight is 437 g/mol. The van der Waals surface area contributed by atoms with Crippen LogP contribution in [0.15, 0.2) is 48.5 Å². The lowest BCUT2D eigenvalue weighted by Gasteiger charge is -2.13. The number of aliphatic hydroxyl groups is 1. The third-order valence-corrected chi connectivity index (χ3v) is 5.00. The minimum Gasteiger partial charge on any atom is -0.479 e. The number of ether oxygens (including phenoxy) is 1.